The van der Waals surface area contributed by atoms with Gasteiger partial charge < -0.3 is 14.2 Å². The third-order valence-corrected chi connectivity index (χ3v) is 5.56. The first-order chi connectivity index (χ1) is 13.9. The van der Waals surface area contributed by atoms with E-state index in [1.807, 2.05) is 45.3 Å². The van der Waals surface area contributed by atoms with Crippen LogP contribution in [0, 0.1) is 6.92 Å². The number of halogens is 1. The van der Waals surface area contributed by atoms with Crippen LogP contribution in [0.1, 0.15) is 39.7 Å². The van der Waals surface area contributed by atoms with Crippen LogP contribution in [0.3, 0.4) is 0 Å². The summed E-state index contributed by atoms with van der Waals surface area (Å²) in [5.74, 6) is -0.0986. The summed E-state index contributed by atoms with van der Waals surface area (Å²) in [6.07, 6.45) is 0.800. The molecule has 0 aliphatic carbocycles. The van der Waals surface area contributed by atoms with E-state index in [9.17, 15) is 9.59 Å². The predicted molar refractivity (Wildman–Crippen MR) is 115 cm³/mol. The molecule has 0 fully saturated rings. The third kappa shape index (κ3) is 3.56. The molecule has 5 nitrogen and oxygen atoms in total. The number of fused-ring (bicyclic) bond motifs is 2. The Morgan fingerprint density at radius 3 is 2.52 bits per heavy atom. The van der Waals surface area contributed by atoms with Crippen LogP contribution in [0.4, 0.5) is 0 Å². The number of nitrogens with zero attached hydrogens (tertiary/aromatic N) is 2. The van der Waals surface area contributed by atoms with Gasteiger partial charge >= 0.3 is 0 Å². The average molecular weight is 411 g/mol. The Hall–Kier alpha value is -2.63. The van der Waals surface area contributed by atoms with Gasteiger partial charge in [0, 0.05) is 11.6 Å². The molecule has 0 saturated carbocycles. The SMILES string of the molecule is Cc1ccc([C@@H]2c3c(oc4ccc(Cl)cc4c3=O)C(=O)N2CCCN(C)C)cc1. The molecule has 1 atom stereocenters. The molecule has 0 spiro atoms. The number of aryl methyl sites for hydroxylation is 1. The predicted octanol–water partition coefficient (Wildman–Crippen LogP) is 4.25. The molecule has 2 aromatic carbocycles. The van der Waals surface area contributed by atoms with Crippen LogP contribution in [0.25, 0.3) is 11.0 Å². The second-order valence-corrected chi connectivity index (χ2v) is 8.22. The maximum atomic E-state index is 13.4. The number of carbonyl (C=O) groups excluding carboxylic acids is 1. The fraction of sp³-hybridized carbons (Fsp3) is 0.304. The fourth-order valence-electron chi connectivity index (χ4n) is 3.88. The van der Waals surface area contributed by atoms with Crippen molar-refractivity contribution in [1.82, 2.24) is 9.80 Å². The largest absolute Gasteiger partial charge is 0.450 e. The summed E-state index contributed by atoms with van der Waals surface area (Å²) >= 11 is 6.11. The van der Waals surface area contributed by atoms with Crippen molar-refractivity contribution in [2.75, 3.05) is 27.2 Å². The molecule has 29 heavy (non-hydrogen) atoms. The molecule has 4 rings (SSSR count). The summed E-state index contributed by atoms with van der Waals surface area (Å²) < 4.78 is 5.93. The molecule has 6 heteroatoms. The minimum absolute atomic E-state index is 0.139. The van der Waals surface area contributed by atoms with Crippen molar-refractivity contribution in [3.8, 4) is 0 Å². The summed E-state index contributed by atoms with van der Waals surface area (Å²) in [7, 11) is 4.00. The zero-order valence-electron chi connectivity index (χ0n) is 16.7. The summed E-state index contributed by atoms with van der Waals surface area (Å²) in [6.45, 7) is 3.40. The first kappa shape index (κ1) is 19.7. The highest BCUT2D eigenvalue weighted by atomic mass is 35.5. The lowest BCUT2D eigenvalue weighted by Crippen LogP contribution is -2.32. The van der Waals surface area contributed by atoms with E-state index in [2.05, 4.69) is 4.90 Å². The van der Waals surface area contributed by atoms with E-state index >= 15 is 0 Å². The second-order valence-electron chi connectivity index (χ2n) is 7.78. The van der Waals surface area contributed by atoms with Gasteiger partial charge in [0.05, 0.1) is 17.0 Å². The molecule has 0 unspecified atom stereocenters. The van der Waals surface area contributed by atoms with Gasteiger partial charge in [-0.3, -0.25) is 9.59 Å². The first-order valence-electron chi connectivity index (χ1n) is 9.65. The average Bonchev–Trinajstić information content (AvgIpc) is 2.95. The zero-order valence-corrected chi connectivity index (χ0v) is 17.5. The molecule has 2 heterocycles. The molecule has 0 saturated heterocycles. The standard InChI is InChI=1S/C23H23ClN2O3/c1-14-5-7-15(8-6-14)20-19-21(27)17-13-16(24)9-10-18(17)29-22(19)23(28)26(20)12-4-11-25(2)3/h5-10,13,20H,4,11-12H2,1-3H3/t20-/m1/s1. The quantitative estimate of drug-likeness (QED) is 0.631. The Kier molecular flexibility index (Phi) is 5.19. The van der Waals surface area contributed by atoms with Crippen molar-refractivity contribution < 1.29 is 9.21 Å². The molecule has 1 amide bonds. The minimum atomic E-state index is -0.458. The smallest absolute Gasteiger partial charge is 0.290 e. The Balaban J connectivity index is 1.88. The van der Waals surface area contributed by atoms with Crippen LogP contribution in [0.2, 0.25) is 5.02 Å². The van der Waals surface area contributed by atoms with Gasteiger partial charge in [-0.05, 0) is 57.7 Å². The summed E-state index contributed by atoms with van der Waals surface area (Å²) in [6, 6.07) is 12.4. The van der Waals surface area contributed by atoms with Crippen molar-refractivity contribution in [1.29, 1.82) is 0 Å². The molecule has 1 aliphatic heterocycles. The van der Waals surface area contributed by atoms with E-state index in [4.69, 9.17) is 16.0 Å². The number of benzene rings is 2. The summed E-state index contributed by atoms with van der Waals surface area (Å²) in [5.41, 5.74) is 2.61. The molecule has 0 radical (unpaired) electrons. The van der Waals surface area contributed by atoms with Crippen molar-refractivity contribution in [3.05, 3.63) is 80.2 Å². The van der Waals surface area contributed by atoms with E-state index in [0.29, 0.717) is 28.1 Å². The van der Waals surface area contributed by atoms with E-state index in [0.717, 1.165) is 24.1 Å². The van der Waals surface area contributed by atoms with E-state index in [-0.39, 0.29) is 17.1 Å². The monoisotopic (exact) mass is 410 g/mol. The Labute approximate surface area is 174 Å². The van der Waals surface area contributed by atoms with Crippen LogP contribution in [-0.4, -0.2) is 42.9 Å². The summed E-state index contributed by atoms with van der Waals surface area (Å²) in [4.78, 5) is 30.5. The number of amides is 1. The molecule has 150 valence electrons. The van der Waals surface area contributed by atoms with E-state index in [1.165, 1.54) is 0 Å². The Morgan fingerprint density at radius 2 is 1.83 bits per heavy atom. The molecule has 3 aromatic rings. The van der Waals surface area contributed by atoms with E-state index in [1.54, 1.807) is 23.1 Å². The molecule has 1 aliphatic rings. The highest BCUT2D eigenvalue weighted by molar-refractivity contribution is 6.31. The lowest BCUT2D eigenvalue weighted by atomic mass is 9.97. The Bertz CT molecular complexity index is 1140. The third-order valence-electron chi connectivity index (χ3n) is 5.33. The second kappa shape index (κ2) is 7.65. The van der Waals surface area contributed by atoms with Gasteiger partial charge in [0.15, 0.2) is 5.43 Å². The number of hydrogen-bond donors (Lipinski definition) is 0. The first-order valence-corrected chi connectivity index (χ1v) is 10.0. The highest BCUT2D eigenvalue weighted by Gasteiger charge is 2.42. The van der Waals surface area contributed by atoms with Crippen LogP contribution >= 0.6 is 11.6 Å². The zero-order chi connectivity index (χ0) is 20.7. The maximum Gasteiger partial charge on any atom is 0.290 e. The van der Waals surface area contributed by atoms with Gasteiger partial charge in [0.25, 0.3) is 5.91 Å². The van der Waals surface area contributed by atoms with Crippen LogP contribution in [0.15, 0.2) is 51.7 Å². The minimum Gasteiger partial charge on any atom is -0.450 e. The van der Waals surface area contributed by atoms with Gasteiger partial charge in [0.1, 0.15) is 5.58 Å². The molecule has 0 bridgehead atoms. The molecular weight excluding hydrogens is 388 g/mol. The van der Waals surface area contributed by atoms with Crippen LogP contribution in [0.5, 0.6) is 0 Å². The molecule has 1 aromatic heterocycles. The van der Waals surface area contributed by atoms with Crippen molar-refractivity contribution in [2.45, 2.75) is 19.4 Å². The van der Waals surface area contributed by atoms with Crippen molar-refractivity contribution in [3.63, 3.8) is 0 Å². The maximum absolute atomic E-state index is 13.4. The van der Waals surface area contributed by atoms with Gasteiger partial charge in [0.2, 0.25) is 5.76 Å². The highest BCUT2D eigenvalue weighted by Crippen LogP contribution is 2.38. The van der Waals surface area contributed by atoms with Crippen LogP contribution in [-0.2, 0) is 0 Å². The normalized spacial score (nSPS) is 16.1. The van der Waals surface area contributed by atoms with Gasteiger partial charge in [-0.15, -0.1) is 0 Å². The Morgan fingerprint density at radius 1 is 1.10 bits per heavy atom. The van der Waals surface area contributed by atoms with Gasteiger partial charge in [-0.1, -0.05) is 41.4 Å². The summed E-state index contributed by atoms with van der Waals surface area (Å²) in [5, 5.41) is 0.861. The molecular formula is C23H23ClN2O3. The van der Waals surface area contributed by atoms with Crippen molar-refractivity contribution >= 4 is 28.5 Å². The van der Waals surface area contributed by atoms with Gasteiger partial charge in [-0.2, -0.15) is 0 Å². The number of hydrogen-bond acceptors (Lipinski definition) is 4. The van der Waals surface area contributed by atoms with E-state index < -0.39 is 6.04 Å². The number of carbonyl (C=O) groups is 1. The number of rotatable bonds is 5. The lowest BCUT2D eigenvalue weighted by Gasteiger charge is -2.25. The van der Waals surface area contributed by atoms with Crippen LogP contribution < -0.4 is 5.43 Å². The topological polar surface area (TPSA) is 53.8 Å². The van der Waals surface area contributed by atoms with Gasteiger partial charge in [-0.25, -0.2) is 0 Å². The van der Waals surface area contributed by atoms with Crippen molar-refractivity contribution in [2.24, 2.45) is 0 Å². The molecule has 0 N–H and O–H groups in total. The fourth-order valence-corrected chi connectivity index (χ4v) is 4.05. The lowest BCUT2D eigenvalue weighted by molar-refractivity contribution is 0.0722.